The van der Waals surface area contributed by atoms with Crippen molar-refractivity contribution in [2.45, 2.75) is 33.9 Å². The van der Waals surface area contributed by atoms with Crippen LogP contribution in [0.2, 0.25) is 0 Å². The van der Waals surface area contributed by atoms with Gasteiger partial charge in [-0.2, -0.15) is 0 Å². The first-order valence-corrected chi connectivity index (χ1v) is 6.92. The fourth-order valence-electron chi connectivity index (χ4n) is 2.56. The standard InChI is InChI=1S/C16H20FN3O/c1-4-20-10(2)7-12(11(20)3)9-19-13-5-6-15(17)14(8-13)16(18)21/h5-8,19H,4,9H2,1-3H3,(H2,18,21). The van der Waals surface area contributed by atoms with Gasteiger partial charge in [0.15, 0.2) is 0 Å². The number of benzene rings is 1. The van der Waals surface area contributed by atoms with Gasteiger partial charge in [-0.15, -0.1) is 0 Å². The van der Waals surface area contributed by atoms with Gasteiger partial charge in [-0.1, -0.05) is 0 Å². The smallest absolute Gasteiger partial charge is 0.251 e. The Morgan fingerprint density at radius 2 is 2.05 bits per heavy atom. The van der Waals surface area contributed by atoms with Crippen LogP contribution in [0, 0.1) is 19.7 Å². The maximum absolute atomic E-state index is 13.4. The Hall–Kier alpha value is -2.30. The molecule has 21 heavy (non-hydrogen) atoms. The zero-order valence-corrected chi connectivity index (χ0v) is 12.5. The summed E-state index contributed by atoms with van der Waals surface area (Å²) in [7, 11) is 0. The van der Waals surface area contributed by atoms with Crippen LogP contribution in [0.1, 0.15) is 34.2 Å². The first-order chi connectivity index (χ1) is 9.93. The molecule has 1 aromatic carbocycles. The van der Waals surface area contributed by atoms with E-state index >= 15 is 0 Å². The lowest BCUT2D eigenvalue weighted by molar-refractivity contribution is 0.0996. The van der Waals surface area contributed by atoms with E-state index in [0.717, 1.165) is 6.54 Å². The number of nitrogens with one attached hydrogen (secondary N) is 1. The molecule has 0 aliphatic carbocycles. The fraction of sp³-hybridized carbons (Fsp3) is 0.312. The van der Waals surface area contributed by atoms with E-state index in [1.807, 2.05) is 0 Å². The second kappa shape index (κ2) is 5.99. The molecule has 0 unspecified atom stereocenters. The number of amides is 1. The molecule has 1 heterocycles. The SMILES string of the molecule is CCn1c(C)cc(CNc2ccc(F)c(C(N)=O)c2)c1C. The van der Waals surface area contributed by atoms with E-state index < -0.39 is 11.7 Å². The van der Waals surface area contributed by atoms with Crippen LogP contribution in [-0.2, 0) is 13.1 Å². The minimum absolute atomic E-state index is 0.0981. The Labute approximate surface area is 123 Å². The number of rotatable bonds is 5. The fourth-order valence-corrected chi connectivity index (χ4v) is 2.56. The lowest BCUT2D eigenvalue weighted by atomic mass is 10.1. The number of nitrogens with two attached hydrogens (primary N) is 1. The Balaban J connectivity index is 2.17. The van der Waals surface area contributed by atoms with Crippen molar-refractivity contribution in [2.24, 2.45) is 5.73 Å². The van der Waals surface area contributed by atoms with Crippen LogP contribution < -0.4 is 11.1 Å². The number of carbonyl (C=O) groups is 1. The topological polar surface area (TPSA) is 60.1 Å². The molecule has 2 rings (SSSR count). The van der Waals surface area contributed by atoms with Crippen molar-refractivity contribution in [2.75, 3.05) is 5.32 Å². The molecule has 0 saturated carbocycles. The summed E-state index contributed by atoms with van der Waals surface area (Å²) in [6.45, 7) is 7.80. The molecule has 0 spiro atoms. The van der Waals surface area contributed by atoms with Gasteiger partial charge in [0.05, 0.1) is 5.56 Å². The number of nitrogens with zero attached hydrogens (tertiary/aromatic N) is 1. The summed E-state index contributed by atoms with van der Waals surface area (Å²) in [5, 5.41) is 3.20. The van der Waals surface area contributed by atoms with Gasteiger partial charge in [-0.25, -0.2) is 4.39 Å². The van der Waals surface area contributed by atoms with E-state index in [1.54, 1.807) is 6.07 Å². The zero-order chi connectivity index (χ0) is 15.6. The molecule has 4 nitrogen and oxygen atoms in total. The number of primary amides is 1. The van der Waals surface area contributed by atoms with Crippen LogP contribution >= 0.6 is 0 Å². The predicted octanol–water partition coefficient (Wildman–Crippen LogP) is 2.97. The van der Waals surface area contributed by atoms with Crippen LogP contribution in [-0.4, -0.2) is 10.5 Å². The maximum Gasteiger partial charge on any atom is 0.251 e. The highest BCUT2D eigenvalue weighted by atomic mass is 19.1. The van der Waals surface area contributed by atoms with Gasteiger partial charge in [-0.05, 0) is 50.6 Å². The highest BCUT2D eigenvalue weighted by molar-refractivity contribution is 5.94. The molecule has 3 N–H and O–H groups in total. The third-order valence-corrected chi connectivity index (χ3v) is 3.71. The van der Waals surface area contributed by atoms with E-state index in [9.17, 15) is 9.18 Å². The lowest BCUT2D eigenvalue weighted by Gasteiger charge is -2.09. The molecule has 2 aromatic rings. The summed E-state index contributed by atoms with van der Waals surface area (Å²) in [6.07, 6.45) is 0. The molecule has 0 aliphatic rings. The molecular weight excluding hydrogens is 269 g/mol. The monoisotopic (exact) mass is 289 g/mol. The third-order valence-electron chi connectivity index (χ3n) is 3.71. The van der Waals surface area contributed by atoms with E-state index in [4.69, 9.17) is 5.73 Å². The van der Waals surface area contributed by atoms with Gasteiger partial charge in [0, 0.05) is 30.2 Å². The van der Waals surface area contributed by atoms with E-state index in [2.05, 4.69) is 36.7 Å². The van der Waals surface area contributed by atoms with Gasteiger partial charge in [-0.3, -0.25) is 4.79 Å². The lowest BCUT2D eigenvalue weighted by Crippen LogP contribution is -2.13. The van der Waals surface area contributed by atoms with Crippen molar-refractivity contribution >= 4 is 11.6 Å². The molecule has 0 aliphatic heterocycles. The summed E-state index contributed by atoms with van der Waals surface area (Å²) in [5.74, 6) is -1.36. The zero-order valence-electron chi connectivity index (χ0n) is 12.5. The summed E-state index contributed by atoms with van der Waals surface area (Å²) in [5.41, 5.74) is 9.32. The average Bonchev–Trinajstić information content (AvgIpc) is 2.71. The predicted molar refractivity (Wildman–Crippen MR) is 81.8 cm³/mol. The number of carbonyl (C=O) groups excluding carboxylic acids is 1. The quantitative estimate of drug-likeness (QED) is 0.889. The highest BCUT2D eigenvalue weighted by Crippen LogP contribution is 2.19. The van der Waals surface area contributed by atoms with Crippen LogP contribution in [0.15, 0.2) is 24.3 Å². The summed E-state index contributed by atoms with van der Waals surface area (Å²) in [6, 6.07) is 6.42. The first kappa shape index (κ1) is 15.1. The van der Waals surface area contributed by atoms with Crippen LogP contribution in [0.25, 0.3) is 0 Å². The number of anilines is 1. The third kappa shape index (κ3) is 3.07. The minimum atomic E-state index is -0.764. The molecule has 1 amide bonds. The Bertz CT molecular complexity index is 676. The number of hydrogen-bond donors (Lipinski definition) is 2. The summed E-state index contributed by atoms with van der Waals surface area (Å²) in [4.78, 5) is 11.1. The number of hydrogen-bond acceptors (Lipinski definition) is 2. The summed E-state index contributed by atoms with van der Waals surface area (Å²) < 4.78 is 15.7. The van der Waals surface area contributed by atoms with Crippen molar-refractivity contribution in [1.29, 1.82) is 0 Å². The van der Waals surface area contributed by atoms with Crippen LogP contribution in [0.5, 0.6) is 0 Å². The van der Waals surface area contributed by atoms with Crippen LogP contribution in [0.3, 0.4) is 0 Å². The molecule has 0 fully saturated rings. The highest BCUT2D eigenvalue weighted by Gasteiger charge is 2.10. The van der Waals surface area contributed by atoms with Gasteiger partial charge in [0.2, 0.25) is 0 Å². The van der Waals surface area contributed by atoms with Gasteiger partial charge in [0.1, 0.15) is 5.82 Å². The molecule has 0 saturated heterocycles. The Morgan fingerprint density at radius 1 is 1.33 bits per heavy atom. The minimum Gasteiger partial charge on any atom is -0.381 e. The molecule has 1 aromatic heterocycles. The molecule has 0 bridgehead atoms. The van der Waals surface area contributed by atoms with Crippen molar-refractivity contribution in [3.8, 4) is 0 Å². The Kier molecular flexibility index (Phi) is 4.31. The largest absolute Gasteiger partial charge is 0.381 e. The van der Waals surface area contributed by atoms with Crippen molar-refractivity contribution in [3.05, 3.63) is 52.6 Å². The van der Waals surface area contributed by atoms with Gasteiger partial charge in [0.25, 0.3) is 5.91 Å². The number of aryl methyl sites for hydroxylation is 1. The van der Waals surface area contributed by atoms with E-state index in [-0.39, 0.29) is 5.56 Å². The second-order valence-electron chi connectivity index (χ2n) is 5.05. The second-order valence-corrected chi connectivity index (χ2v) is 5.05. The van der Waals surface area contributed by atoms with E-state index in [1.165, 1.54) is 29.1 Å². The normalized spacial score (nSPS) is 10.7. The van der Waals surface area contributed by atoms with Gasteiger partial charge >= 0.3 is 0 Å². The molecular formula is C16H20FN3O. The molecule has 0 radical (unpaired) electrons. The first-order valence-electron chi connectivity index (χ1n) is 6.92. The van der Waals surface area contributed by atoms with Crippen molar-refractivity contribution in [3.63, 3.8) is 0 Å². The molecule has 5 heteroatoms. The van der Waals surface area contributed by atoms with Crippen molar-refractivity contribution < 1.29 is 9.18 Å². The Morgan fingerprint density at radius 3 is 2.62 bits per heavy atom. The molecule has 112 valence electrons. The van der Waals surface area contributed by atoms with E-state index in [0.29, 0.717) is 12.2 Å². The van der Waals surface area contributed by atoms with Crippen LogP contribution in [0.4, 0.5) is 10.1 Å². The number of aromatic nitrogens is 1. The maximum atomic E-state index is 13.4. The number of halogens is 1. The summed E-state index contributed by atoms with van der Waals surface area (Å²) >= 11 is 0. The van der Waals surface area contributed by atoms with Gasteiger partial charge < -0.3 is 15.6 Å². The van der Waals surface area contributed by atoms with Crippen molar-refractivity contribution in [1.82, 2.24) is 4.57 Å². The molecule has 0 atom stereocenters. The average molecular weight is 289 g/mol.